The van der Waals surface area contributed by atoms with Crippen molar-refractivity contribution < 1.29 is 4.79 Å². The highest BCUT2D eigenvalue weighted by Gasteiger charge is 2.34. The standard InChI is InChI=1S/C20H23NOS/c1-20(2)11-9-17(15-5-3-4-6-16(15)20)21-19(22)18-14(10-12-23-18)13-7-8-13/h3-6,10,12-13,17H,7-9,11H2,1-2H3,(H,21,22)/t17-/m0/s1. The molecule has 0 bridgehead atoms. The maximum atomic E-state index is 12.8. The Hall–Kier alpha value is -1.61. The van der Waals surface area contributed by atoms with Gasteiger partial charge in [0, 0.05) is 0 Å². The summed E-state index contributed by atoms with van der Waals surface area (Å²) in [6, 6.07) is 10.9. The Bertz CT molecular complexity index is 742. The highest BCUT2D eigenvalue weighted by Crippen LogP contribution is 2.44. The number of rotatable bonds is 3. The summed E-state index contributed by atoms with van der Waals surface area (Å²) < 4.78 is 0. The number of carbonyl (C=O) groups is 1. The van der Waals surface area contributed by atoms with Crippen LogP contribution in [-0.2, 0) is 5.41 Å². The maximum Gasteiger partial charge on any atom is 0.262 e. The number of nitrogens with one attached hydrogen (secondary N) is 1. The Morgan fingerprint density at radius 1 is 1.13 bits per heavy atom. The molecule has 0 saturated heterocycles. The van der Waals surface area contributed by atoms with E-state index in [2.05, 4.69) is 54.9 Å². The largest absolute Gasteiger partial charge is 0.345 e. The van der Waals surface area contributed by atoms with E-state index in [1.165, 1.54) is 29.5 Å². The quantitative estimate of drug-likeness (QED) is 0.829. The summed E-state index contributed by atoms with van der Waals surface area (Å²) in [5.74, 6) is 0.737. The zero-order chi connectivity index (χ0) is 16.0. The van der Waals surface area contributed by atoms with Gasteiger partial charge in [0.05, 0.1) is 10.9 Å². The van der Waals surface area contributed by atoms with Crippen LogP contribution in [0, 0.1) is 0 Å². The van der Waals surface area contributed by atoms with E-state index in [-0.39, 0.29) is 17.4 Å². The second kappa shape index (κ2) is 5.48. The summed E-state index contributed by atoms with van der Waals surface area (Å²) in [5.41, 5.74) is 4.13. The lowest BCUT2D eigenvalue weighted by molar-refractivity contribution is 0.0932. The fourth-order valence-electron chi connectivity index (χ4n) is 3.81. The van der Waals surface area contributed by atoms with Crippen LogP contribution in [0.1, 0.15) is 77.9 Å². The lowest BCUT2D eigenvalue weighted by Crippen LogP contribution is -2.35. The second-order valence-corrected chi connectivity index (χ2v) is 8.43. The number of hydrogen-bond acceptors (Lipinski definition) is 2. The van der Waals surface area contributed by atoms with Crippen molar-refractivity contribution in [3.05, 3.63) is 57.3 Å². The predicted octanol–water partition coefficient (Wildman–Crippen LogP) is 5.17. The summed E-state index contributed by atoms with van der Waals surface area (Å²) in [5, 5.41) is 5.37. The van der Waals surface area contributed by atoms with Gasteiger partial charge < -0.3 is 5.32 Å². The summed E-state index contributed by atoms with van der Waals surface area (Å²) in [7, 11) is 0. The molecule has 1 atom stereocenters. The number of carbonyl (C=O) groups excluding carboxylic acids is 1. The van der Waals surface area contributed by atoms with Crippen LogP contribution >= 0.6 is 11.3 Å². The Morgan fingerprint density at radius 2 is 1.91 bits per heavy atom. The van der Waals surface area contributed by atoms with E-state index in [1.54, 1.807) is 11.3 Å². The van der Waals surface area contributed by atoms with Crippen molar-refractivity contribution in [2.24, 2.45) is 0 Å². The highest BCUT2D eigenvalue weighted by atomic mass is 32.1. The summed E-state index contributed by atoms with van der Waals surface area (Å²) in [6.07, 6.45) is 4.59. The molecule has 1 fully saturated rings. The van der Waals surface area contributed by atoms with Crippen LogP contribution in [0.15, 0.2) is 35.7 Å². The summed E-state index contributed by atoms with van der Waals surface area (Å²) in [4.78, 5) is 13.7. The van der Waals surface area contributed by atoms with Crippen LogP contribution in [-0.4, -0.2) is 5.91 Å². The first-order chi connectivity index (χ1) is 11.1. The van der Waals surface area contributed by atoms with Crippen molar-refractivity contribution in [3.8, 4) is 0 Å². The molecule has 2 aliphatic rings. The van der Waals surface area contributed by atoms with Gasteiger partial charge in [-0.3, -0.25) is 4.79 Å². The minimum absolute atomic E-state index is 0.112. The molecule has 1 aromatic carbocycles. The van der Waals surface area contributed by atoms with Crippen molar-refractivity contribution >= 4 is 17.2 Å². The van der Waals surface area contributed by atoms with Crippen LogP contribution < -0.4 is 5.32 Å². The third kappa shape index (κ3) is 2.72. The average Bonchev–Trinajstić information content (AvgIpc) is 3.27. The van der Waals surface area contributed by atoms with E-state index in [0.717, 1.165) is 17.7 Å². The third-order valence-electron chi connectivity index (χ3n) is 5.35. The monoisotopic (exact) mass is 325 g/mol. The normalized spacial score (nSPS) is 22.4. The molecule has 2 aromatic rings. The molecule has 0 aliphatic heterocycles. The van der Waals surface area contributed by atoms with Crippen molar-refractivity contribution in [3.63, 3.8) is 0 Å². The lowest BCUT2D eigenvalue weighted by Gasteiger charge is -2.37. The van der Waals surface area contributed by atoms with Crippen molar-refractivity contribution in [1.82, 2.24) is 5.32 Å². The maximum absolute atomic E-state index is 12.8. The van der Waals surface area contributed by atoms with Gasteiger partial charge in [-0.05, 0) is 65.2 Å². The van der Waals surface area contributed by atoms with Crippen LogP contribution in [0.2, 0.25) is 0 Å². The molecule has 0 radical (unpaired) electrons. The number of benzene rings is 1. The van der Waals surface area contributed by atoms with Gasteiger partial charge in [-0.2, -0.15) is 0 Å². The first-order valence-electron chi connectivity index (χ1n) is 8.54. The van der Waals surface area contributed by atoms with Gasteiger partial charge in [-0.25, -0.2) is 0 Å². The van der Waals surface area contributed by atoms with Gasteiger partial charge in [0.25, 0.3) is 5.91 Å². The molecule has 1 amide bonds. The molecule has 1 aromatic heterocycles. The van der Waals surface area contributed by atoms with Crippen molar-refractivity contribution in [1.29, 1.82) is 0 Å². The van der Waals surface area contributed by atoms with Crippen molar-refractivity contribution in [2.75, 3.05) is 0 Å². The van der Waals surface area contributed by atoms with E-state index in [0.29, 0.717) is 5.92 Å². The number of fused-ring (bicyclic) bond motifs is 1. The molecule has 3 heteroatoms. The molecular weight excluding hydrogens is 302 g/mol. The highest BCUT2D eigenvalue weighted by molar-refractivity contribution is 7.12. The number of amides is 1. The molecular formula is C20H23NOS. The topological polar surface area (TPSA) is 29.1 Å². The lowest BCUT2D eigenvalue weighted by atomic mass is 9.71. The zero-order valence-electron chi connectivity index (χ0n) is 13.8. The molecule has 1 N–H and O–H groups in total. The first kappa shape index (κ1) is 14.9. The second-order valence-electron chi connectivity index (χ2n) is 7.52. The summed E-state index contributed by atoms with van der Waals surface area (Å²) >= 11 is 1.58. The fourth-order valence-corrected chi connectivity index (χ4v) is 4.69. The zero-order valence-corrected chi connectivity index (χ0v) is 14.6. The van der Waals surface area contributed by atoms with E-state index in [4.69, 9.17) is 0 Å². The fraction of sp³-hybridized carbons (Fsp3) is 0.450. The molecule has 1 saturated carbocycles. The third-order valence-corrected chi connectivity index (χ3v) is 6.28. The Labute approximate surface area is 141 Å². The predicted molar refractivity (Wildman–Crippen MR) is 95.2 cm³/mol. The van der Waals surface area contributed by atoms with Gasteiger partial charge in [0.1, 0.15) is 0 Å². The smallest absolute Gasteiger partial charge is 0.262 e. The van der Waals surface area contributed by atoms with Crippen LogP contribution in [0.4, 0.5) is 0 Å². The van der Waals surface area contributed by atoms with Crippen LogP contribution in [0.5, 0.6) is 0 Å². The van der Waals surface area contributed by atoms with Gasteiger partial charge in [0.15, 0.2) is 0 Å². The van der Waals surface area contributed by atoms with Gasteiger partial charge in [-0.15, -0.1) is 11.3 Å². The Morgan fingerprint density at radius 3 is 2.70 bits per heavy atom. The van der Waals surface area contributed by atoms with E-state index < -0.39 is 0 Å². The average molecular weight is 325 g/mol. The van der Waals surface area contributed by atoms with Gasteiger partial charge in [-0.1, -0.05) is 38.1 Å². The van der Waals surface area contributed by atoms with Crippen LogP contribution in [0.3, 0.4) is 0 Å². The van der Waals surface area contributed by atoms with Gasteiger partial charge in [0.2, 0.25) is 0 Å². The van der Waals surface area contributed by atoms with E-state index in [1.807, 2.05) is 0 Å². The first-order valence-corrected chi connectivity index (χ1v) is 9.42. The molecule has 120 valence electrons. The molecule has 0 spiro atoms. The van der Waals surface area contributed by atoms with E-state index in [9.17, 15) is 4.79 Å². The van der Waals surface area contributed by atoms with Crippen LogP contribution in [0.25, 0.3) is 0 Å². The van der Waals surface area contributed by atoms with E-state index >= 15 is 0 Å². The van der Waals surface area contributed by atoms with Gasteiger partial charge >= 0.3 is 0 Å². The molecule has 0 unspecified atom stereocenters. The SMILES string of the molecule is CC1(C)CC[C@H](NC(=O)c2sccc2C2CC2)c2ccccc21. The molecule has 4 rings (SSSR count). The minimum atomic E-state index is 0.112. The summed E-state index contributed by atoms with van der Waals surface area (Å²) in [6.45, 7) is 4.60. The molecule has 2 nitrogen and oxygen atoms in total. The number of hydrogen-bond donors (Lipinski definition) is 1. The Kier molecular flexibility index (Phi) is 3.56. The Balaban J connectivity index is 1.59. The molecule has 2 aliphatic carbocycles. The van der Waals surface area contributed by atoms with Crippen molar-refractivity contribution in [2.45, 2.75) is 56.9 Å². The molecule has 23 heavy (non-hydrogen) atoms. The minimum Gasteiger partial charge on any atom is -0.345 e. The number of thiophene rings is 1. The molecule has 1 heterocycles.